The molecule has 2 fully saturated rings. The van der Waals surface area contributed by atoms with Crippen LogP contribution >= 0.6 is 0 Å². The lowest BCUT2D eigenvalue weighted by Gasteiger charge is -2.44. The molecule has 1 spiro atoms. The summed E-state index contributed by atoms with van der Waals surface area (Å²) in [6.45, 7) is 5.60. The molecule has 0 aromatic rings. The van der Waals surface area contributed by atoms with Gasteiger partial charge in [-0.05, 0) is 44.9 Å². The first-order valence-electron chi connectivity index (χ1n) is 7.07. The molecule has 0 unspecified atom stereocenters. The molecule has 1 heterocycles. The minimum atomic E-state index is -0.120. The fourth-order valence-corrected chi connectivity index (χ4v) is 3.24. The molecule has 17 heavy (non-hydrogen) atoms. The van der Waals surface area contributed by atoms with E-state index in [4.69, 9.17) is 4.74 Å². The van der Waals surface area contributed by atoms with Crippen LogP contribution in [-0.4, -0.2) is 30.2 Å². The van der Waals surface area contributed by atoms with Crippen molar-refractivity contribution in [1.29, 1.82) is 0 Å². The zero-order valence-corrected chi connectivity index (χ0v) is 11.2. The summed E-state index contributed by atoms with van der Waals surface area (Å²) in [5, 5.41) is 0. The summed E-state index contributed by atoms with van der Waals surface area (Å²) in [5.41, 5.74) is 0.562. The van der Waals surface area contributed by atoms with Gasteiger partial charge in [0.05, 0.1) is 6.10 Å². The average Bonchev–Trinajstić information content (AvgIpc) is 2.30. The van der Waals surface area contributed by atoms with E-state index in [0.29, 0.717) is 5.41 Å². The third-order valence-corrected chi connectivity index (χ3v) is 4.33. The van der Waals surface area contributed by atoms with Crippen molar-refractivity contribution in [2.75, 3.05) is 13.1 Å². The maximum Gasteiger partial charge on any atom is 0.410 e. The zero-order chi connectivity index (χ0) is 12.3. The molecule has 0 atom stereocenters. The number of carbonyl (C=O) groups is 1. The summed E-state index contributed by atoms with van der Waals surface area (Å²) in [5.74, 6) is 0. The minimum Gasteiger partial charge on any atom is -0.447 e. The van der Waals surface area contributed by atoms with Crippen LogP contribution in [0.4, 0.5) is 4.79 Å². The van der Waals surface area contributed by atoms with Gasteiger partial charge in [0.2, 0.25) is 0 Å². The van der Waals surface area contributed by atoms with Gasteiger partial charge in [-0.25, -0.2) is 4.79 Å². The van der Waals surface area contributed by atoms with Gasteiger partial charge in [-0.2, -0.15) is 0 Å². The van der Waals surface area contributed by atoms with Crippen LogP contribution in [0.1, 0.15) is 58.8 Å². The molecule has 1 saturated carbocycles. The smallest absolute Gasteiger partial charge is 0.410 e. The number of nitrogens with zero attached hydrogens (tertiary/aromatic N) is 1. The monoisotopic (exact) mass is 239 g/mol. The number of rotatable bonds is 1. The highest BCUT2D eigenvalue weighted by Crippen LogP contribution is 2.44. The molecule has 98 valence electrons. The summed E-state index contributed by atoms with van der Waals surface area (Å²) in [7, 11) is 0. The van der Waals surface area contributed by atoms with Gasteiger partial charge in [0.15, 0.2) is 0 Å². The topological polar surface area (TPSA) is 29.5 Å². The summed E-state index contributed by atoms with van der Waals surface area (Å²) >= 11 is 0. The van der Waals surface area contributed by atoms with Crippen molar-refractivity contribution in [1.82, 2.24) is 4.90 Å². The lowest BCUT2D eigenvalue weighted by atomic mass is 9.68. The van der Waals surface area contributed by atoms with Gasteiger partial charge < -0.3 is 9.64 Å². The van der Waals surface area contributed by atoms with Crippen molar-refractivity contribution < 1.29 is 9.53 Å². The minimum absolute atomic E-state index is 0.00642. The molecule has 0 N–H and O–H groups in total. The molecule has 0 radical (unpaired) electrons. The molecule has 1 amide bonds. The second-order valence-corrected chi connectivity index (χ2v) is 5.98. The van der Waals surface area contributed by atoms with E-state index in [1.807, 2.05) is 18.7 Å². The Morgan fingerprint density at radius 2 is 1.65 bits per heavy atom. The summed E-state index contributed by atoms with van der Waals surface area (Å²) in [6.07, 6.45) is 9.16. The van der Waals surface area contributed by atoms with Crippen molar-refractivity contribution in [2.45, 2.75) is 64.9 Å². The lowest BCUT2D eigenvalue weighted by Crippen LogP contribution is -2.44. The van der Waals surface area contributed by atoms with Crippen molar-refractivity contribution >= 4 is 6.09 Å². The molecule has 1 saturated heterocycles. The molecule has 0 bridgehead atoms. The molecule has 3 nitrogen and oxygen atoms in total. The second-order valence-electron chi connectivity index (χ2n) is 5.98. The molecule has 2 aliphatic rings. The van der Waals surface area contributed by atoms with E-state index < -0.39 is 0 Å². The SMILES string of the molecule is CC(C)OC(=O)N1CCC2(CCCCC2)CC1. The highest BCUT2D eigenvalue weighted by atomic mass is 16.6. The van der Waals surface area contributed by atoms with Crippen LogP contribution in [0.3, 0.4) is 0 Å². The fraction of sp³-hybridized carbons (Fsp3) is 0.929. The van der Waals surface area contributed by atoms with Gasteiger partial charge in [0.25, 0.3) is 0 Å². The normalized spacial score (nSPS) is 24.1. The number of likely N-dealkylation sites (tertiary alicyclic amines) is 1. The van der Waals surface area contributed by atoms with Crippen LogP contribution in [0.15, 0.2) is 0 Å². The Morgan fingerprint density at radius 3 is 2.18 bits per heavy atom. The number of hydrogen-bond donors (Lipinski definition) is 0. The Balaban J connectivity index is 1.82. The van der Waals surface area contributed by atoms with Crippen molar-refractivity contribution in [2.24, 2.45) is 5.41 Å². The number of ether oxygens (including phenoxy) is 1. The molecule has 2 rings (SSSR count). The summed E-state index contributed by atoms with van der Waals surface area (Å²) < 4.78 is 5.25. The lowest BCUT2D eigenvalue weighted by molar-refractivity contribution is 0.0365. The van der Waals surface area contributed by atoms with E-state index in [2.05, 4.69) is 0 Å². The summed E-state index contributed by atoms with van der Waals surface area (Å²) in [4.78, 5) is 13.7. The van der Waals surface area contributed by atoms with Gasteiger partial charge in [-0.1, -0.05) is 19.3 Å². The van der Waals surface area contributed by atoms with Gasteiger partial charge >= 0.3 is 6.09 Å². The summed E-state index contributed by atoms with van der Waals surface area (Å²) in [6, 6.07) is 0. The fourth-order valence-electron chi connectivity index (χ4n) is 3.24. The Hall–Kier alpha value is -0.730. The Kier molecular flexibility index (Phi) is 3.95. The maximum atomic E-state index is 11.8. The molecule has 0 aromatic heterocycles. The molecular formula is C14H25NO2. The van der Waals surface area contributed by atoms with E-state index in [1.165, 1.54) is 44.9 Å². The molecule has 0 aromatic carbocycles. The molecular weight excluding hydrogens is 214 g/mol. The molecule has 1 aliphatic carbocycles. The van der Waals surface area contributed by atoms with Crippen LogP contribution in [0, 0.1) is 5.41 Å². The molecule has 1 aliphatic heterocycles. The maximum absolute atomic E-state index is 11.8. The third-order valence-electron chi connectivity index (χ3n) is 4.33. The standard InChI is InChI=1S/C14H25NO2/c1-12(2)17-13(16)15-10-8-14(9-11-15)6-4-3-5-7-14/h12H,3-11H2,1-2H3. The Labute approximate surface area is 105 Å². The molecule has 3 heteroatoms. The third kappa shape index (κ3) is 3.14. The van der Waals surface area contributed by atoms with Gasteiger partial charge in [-0.3, -0.25) is 0 Å². The van der Waals surface area contributed by atoms with Crippen molar-refractivity contribution in [3.8, 4) is 0 Å². The second kappa shape index (κ2) is 5.28. The quantitative estimate of drug-likeness (QED) is 0.700. The van der Waals surface area contributed by atoms with Gasteiger partial charge in [-0.15, -0.1) is 0 Å². The van der Waals surface area contributed by atoms with E-state index >= 15 is 0 Å². The van der Waals surface area contributed by atoms with Crippen LogP contribution in [0.5, 0.6) is 0 Å². The first-order valence-corrected chi connectivity index (χ1v) is 7.07. The predicted octanol–water partition coefficient (Wildman–Crippen LogP) is 3.58. The first kappa shape index (κ1) is 12.7. The van der Waals surface area contributed by atoms with Gasteiger partial charge in [0, 0.05) is 13.1 Å². The van der Waals surface area contributed by atoms with Crippen molar-refractivity contribution in [3.63, 3.8) is 0 Å². The number of amides is 1. The van der Waals surface area contributed by atoms with Gasteiger partial charge in [0.1, 0.15) is 0 Å². The number of carbonyl (C=O) groups excluding carboxylic acids is 1. The van der Waals surface area contributed by atoms with E-state index in [0.717, 1.165) is 13.1 Å². The van der Waals surface area contributed by atoms with Crippen LogP contribution in [0.2, 0.25) is 0 Å². The highest BCUT2D eigenvalue weighted by molar-refractivity contribution is 5.67. The van der Waals surface area contributed by atoms with Crippen LogP contribution in [-0.2, 0) is 4.74 Å². The highest BCUT2D eigenvalue weighted by Gasteiger charge is 2.37. The Morgan fingerprint density at radius 1 is 1.06 bits per heavy atom. The first-order chi connectivity index (χ1) is 8.11. The van der Waals surface area contributed by atoms with E-state index in [9.17, 15) is 4.79 Å². The zero-order valence-electron chi connectivity index (χ0n) is 11.2. The number of piperidine rings is 1. The Bertz CT molecular complexity index is 259. The largest absolute Gasteiger partial charge is 0.447 e. The van der Waals surface area contributed by atoms with Crippen LogP contribution in [0.25, 0.3) is 0 Å². The van der Waals surface area contributed by atoms with E-state index in [1.54, 1.807) is 0 Å². The average molecular weight is 239 g/mol. The van der Waals surface area contributed by atoms with Crippen molar-refractivity contribution in [3.05, 3.63) is 0 Å². The predicted molar refractivity (Wildman–Crippen MR) is 67.9 cm³/mol. The van der Waals surface area contributed by atoms with Crippen LogP contribution < -0.4 is 0 Å². The van der Waals surface area contributed by atoms with E-state index in [-0.39, 0.29) is 12.2 Å². The number of hydrogen-bond acceptors (Lipinski definition) is 2.